The number of carboxylic acid groups (broad SMARTS) is 2. The summed E-state index contributed by atoms with van der Waals surface area (Å²) >= 11 is 0. The van der Waals surface area contributed by atoms with Crippen molar-refractivity contribution >= 4 is 23.5 Å². The molecule has 2 aromatic carbocycles. The number of methoxy groups -OCH3 is 2. The summed E-state index contributed by atoms with van der Waals surface area (Å²) in [6, 6.07) is 10.6. The van der Waals surface area contributed by atoms with E-state index in [1.54, 1.807) is 24.3 Å². The van der Waals surface area contributed by atoms with Gasteiger partial charge < -0.3 is 25.0 Å². The van der Waals surface area contributed by atoms with Crippen LogP contribution in [0.4, 0.5) is 5.69 Å². The van der Waals surface area contributed by atoms with Crippen LogP contribution in [0.1, 0.15) is 15.9 Å². The molecule has 0 saturated carbocycles. The third-order valence-corrected chi connectivity index (χ3v) is 3.92. The van der Waals surface area contributed by atoms with Gasteiger partial charge in [-0.1, -0.05) is 18.2 Å². The molecule has 3 N–H and O–H groups in total. The standard InChI is InChI=1S/C19H19NO7/c1-26-15-8-7-11(10-16(15)27-2)9-13(19(24)25)17(21)20-14-6-4-3-5-12(14)18(22)23/h3-8,10,13H,9H2,1-2H3,(H,20,21)(H,22,23)(H,24,25). The van der Waals surface area contributed by atoms with Crippen LogP contribution in [-0.2, 0) is 16.0 Å². The summed E-state index contributed by atoms with van der Waals surface area (Å²) in [5.41, 5.74) is 0.469. The molecule has 8 nitrogen and oxygen atoms in total. The number of nitrogens with one attached hydrogen (secondary N) is 1. The third kappa shape index (κ3) is 4.75. The Morgan fingerprint density at radius 1 is 1.00 bits per heavy atom. The molecule has 1 unspecified atom stereocenters. The van der Waals surface area contributed by atoms with E-state index >= 15 is 0 Å². The van der Waals surface area contributed by atoms with Gasteiger partial charge in [-0.05, 0) is 36.2 Å². The van der Waals surface area contributed by atoms with Crippen molar-refractivity contribution in [2.24, 2.45) is 5.92 Å². The zero-order valence-electron chi connectivity index (χ0n) is 14.8. The molecule has 0 radical (unpaired) electrons. The number of aliphatic carboxylic acids is 1. The lowest BCUT2D eigenvalue weighted by molar-refractivity contribution is -0.145. The number of ether oxygens (including phenoxy) is 2. The van der Waals surface area contributed by atoms with E-state index in [0.717, 1.165) is 0 Å². The molecule has 0 aromatic heterocycles. The summed E-state index contributed by atoms with van der Waals surface area (Å²) in [6.07, 6.45) is -0.100. The number of para-hydroxylation sites is 1. The highest BCUT2D eigenvalue weighted by atomic mass is 16.5. The zero-order valence-corrected chi connectivity index (χ0v) is 14.8. The van der Waals surface area contributed by atoms with Gasteiger partial charge in [-0.3, -0.25) is 9.59 Å². The predicted octanol–water partition coefficient (Wildman–Crippen LogP) is 2.28. The van der Waals surface area contributed by atoms with Crippen molar-refractivity contribution in [1.29, 1.82) is 0 Å². The number of anilines is 1. The van der Waals surface area contributed by atoms with Crippen molar-refractivity contribution in [3.63, 3.8) is 0 Å². The largest absolute Gasteiger partial charge is 0.493 e. The fourth-order valence-corrected chi connectivity index (χ4v) is 2.53. The summed E-state index contributed by atoms with van der Waals surface area (Å²) < 4.78 is 10.3. The van der Waals surface area contributed by atoms with Crippen LogP contribution in [0.15, 0.2) is 42.5 Å². The first-order chi connectivity index (χ1) is 12.9. The van der Waals surface area contributed by atoms with E-state index in [1.165, 1.54) is 32.4 Å². The Balaban J connectivity index is 2.24. The van der Waals surface area contributed by atoms with E-state index < -0.39 is 23.8 Å². The Morgan fingerprint density at radius 3 is 2.26 bits per heavy atom. The van der Waals surface area contributed by atoms with Crippen LogP contribution >= 0.6 is 0 Å². The van der Waals surface area contributed by atoms with Crippen molar-refractivity contribution in [1.82, 2.24) is 0 Å². The third-order valence-electron chi connectivity index (χ3n) is 3.92. The van der Waals surface area contributed by atoms with E-state index in [1.807, 2.05) is 0 Å². The quantitative estimate of drug-likeness (QED) is 0.607. The predicted molar refractivity (Wildman–Crippen MR) is 96.4 cm³/mol. The van der Waals surface area contributed by atoms with E-state index in [9.17, 15) is 24.6 Å². The number of aromatic carboxylic acids is 1. The number of benzene rings is 2. The van der Waals surface area contributed by atoms with Crippen LogP contribution in [-0.4, -0.2) is 42.3 Å². The van der Waals surface area contributed by atoms with E-state index in [2.05, 4.69) is 5.32 Å². The van der Waals surface area contributed by atoms with Gasteiger partial charge in [0.1, 0.15) is 5.92 Å². The normalized spacial score (nSPS) is 11.3. The first-order valence-corrected chi connectivity index (χ1v) is 7.94. The summed E-state index contributed by atoms with van der Waals surface area (Å²) in [7, 11) is 2.93. The average Bonchev–Trinajstić information content (AvgIpc) is 2.65. The molecule has 27 heavy (non-hydrogen) atoms. The Labute approximate surface area is 155 Å². The number of carbonyl (C=O) groups excluding carboxylic acids is 1. The molecule has 8 heteroatoms. The van der Waals surface area contributed by atoms with Crippen molar-refractivity contribution in [3.8, 4) is 11.5 Å². The smallest absolute Gasteiger partial charge is 0.337 e. The van der Waals surface area contributed by atoms with Crippen LogP contribution in [0.2, 0.25) is 0 Å². The van der Waals surface area contributed by atoms with Crippen LogP contribution in [0, 0.1) is 5.92 Å². The number of amides is 1. The van der Waals surface area contributed by atoms with Gasteiger partial charge in [0.05, 0.1) is 25.5 Å². The van der Waals surface area contributed by atoms with Crippen LogP contribution in [0.3, 0.4) is 0 Å². The summed E-state index contributed by atoms with van der Waals surface area (Å²) in [5, 5.41) is 21.0. The van der Waals surface area contributed by atoms with Gasteiger partial charge >= 0.3 is 11.9 Å². The molecule has 0 bridgehead atoms. The Morgan fingerprint density at radius 2 is 1.67 bits per heavy atom. The zero-order chi connectivity index (χ0) is 20.0. The lowest BCUT2D eigenvalue weighted by Gasteiger charge is -2.15. The molecule has 0 saturated heterocycles. The average molecular weight is 373 g/mol. The minimum Gasteiger partial charge on any atom is -0.493 e. The number of carbonyl (C=O) groups is 3. The maximum atomic E-state index is 12.5. The second-order valence-electron chi connectivity index (χ2n) is 5.62. The van der Waals surface area contributed by atoms with Crippen LogP contribution < -0.4 is 14.8 Å². The van der Waals surface area contributed by atoms with Crippen LogP contribution in [0.25, 0.3) is 0 Å². The second-order valence-corrected chi connectivity index (χ2v) is 5.62. The topological polar surface area (TPSA) is 122 Å². The fraction of sp³-hybridized carbons (Fsp3) is 0.211. The molecule has 0 aliphatic rings. The molecular weight excluding hydrogens is 354 g/mol. The SMILES string of the molecule is COc1ccc(CC(C(=O)O)C(=O)Nc2ccccc2C(=O)O)cc1OC. The maximum absolute atomic E-state index is 12.5. The van der Waals surface area contributed by atoms with Crippen molar-refractivity contribution < 1.29 is 34.1 Å². The number of rotatable bonds is 8. The number of hydrogen-bond acceptors (Lipinski definition) is 5. The fourth-order valence-electron chi connectivity index (χ4n) is 2.53. The first-order valence-electron chi connectivity index (χ1n) is 7.94. The molecule has 0 aliphatic heterocycles. The monoisotopic (exact) mass is 373 g/mol. The van der Waals surface area contributed by atoms with Gasteiger partial charge in [-0.2, -0.15) is 0 Å². The Hall–Kier alpha value is -3.55. The molecule has 142 valence electrons. The van der Waals surface area contributed by atoms with Crippen molar-refractivity contribution in [2.45, 2.75) is 6.42 Å². The molecule has 2 rings (SSSR count). The van der Waals surface area contributed by atoms with Crippen LogP contribution in [0.5, 0.6) is 11.5 Å². The Kier molecular flexibility index (Phi) is 6.37. The van der Waals surface area contributed by atoms with Gasteiger partial charge in [0.25, 0.3) is 0 Å². The number of hydrogen-bond donors (Lipinski definition) is 3. The minimum absolute atomic E-state index is 0.0357. The molecule has 1 amide bonds. The van der Waals surface area contributed by atoms with Crippen molar-refractivity contribution in [3.05, 3.63) is 53.6 Å². The molecule has 0 aliphatic carbocycles. The van der Waals surface area contributed by atoms with Gasteiger partial charge in [0, 0.05) is 0 Å². The Bertz CT molecular complexity index is 863. The van der Waals surface area contributed by atoms with E-state index in [4.69, 9.17) is 9.47 Å². The highest BCUT2D eigenvalue weighted by Gasteiger charge is 2.28. The lowest BCUT2D eigenvalue weighted by Crippen LogP contribution is -2.31. The minimum atomic E-state index is -1.41. The van der Waals surface area contributed by atoms with E-state index in [-0.39, 0.29) is 17.7 Å². The van der Waals surface area contributed by atoms with Crippen molar-refractivity contribution in [2.75, 3.05) is 19.5 Å². The molecule has 0 spiro atoms. The van der Waals surface area contributed by atoms with Gasteiger partial charge in [-0.15, -0.1) is 0 Å². The summed E-state index contributed by atoms with van der Waals surface area (Å²) in [6.45, 7) is 0. The maximum Gasteiger partial charge on any atom is 0.337 e. The van der Waals surface area contributed by atoms with Gasteiger partial charge in [-0.25, -0.2) is 4.79 Å². The molecular formula is C19H19NO7. The second kappa shape index (κ2) is 8.70. The van der Waals surface area contributed by atoms with Gasteiger partial charge in [0.15, 0.2) is 11.5 Å². The summed E-state index contributed by atoms with van der Waals surface area (Å²) in [4.78, 5) is 35.3. The van der Waals surface area contributed by atoms with Gasteiger partial charge in [0.2, 0.25) is 5.91 Å². The highest BCUT2D eigenvalue weighted by molar-refractivity contribution is 6.07. The molecule has 2 aromatic rings. The molecule has 1 atom stereocenters. The first kappa shape index (κ1) is 19.8. The molecule has 0 heterocycles. The number of carboxylic acids is 2. The summed E-state index contributed by atoms with van der Waals surface area (Å²) in [5.74, 6) is -3.88. The molecule has 0 fully saturated rings. The highest BCUT2D eigenvalue weighted by Crippen LogP contribution is 2.29. The van der Waals surface area contributed by atoms with E-state index in [0.29, 0.717) is 17.1 Å². The lowest BCUT2D eigenvalue weighted by atomic mass is 9.98.